The number of nitrogens with zero attached hydrogens (tertiary/aromatic N) is 1. The van der Waals surface area contributed by atoms with E-state index in [-0.39, 0.29) is 0 Å². The Balaban J connectivity index is 2.16. The zero-order valence-corrected chi connectivity index (χ0v) is 13.8. The first kappa shape index (κ1) is 14.1. The molecule has 0 aliphatic heterocycles. The summed E-state index contributed by atoms with van der Waals surface area (Å²) in [4.78, 5) is 6.07. The number of benzene rings is 1. The molecule has 0 spiro atoms. The number of thioether (sulfide) groups is 1. The van der Waals surface area contributed by atoms with Gasteiger partial charge in [0.1, 0.15) is 5.01 Å². The lowest BCUT2D eigenvalue weighted by Crippen LogP contribution is -1.83. The maximum atomic E-state index is 4.76. The fraction of sp³-hybridized carbons (Fsp3) is 0.357. The lowest BCUT2D eigenvalue weighted by atomic mass is 10.1. The summed E-state index contributed by atoms with van der Waals surface area (Å²) in [5.74, 6) is 2.25. The summed E-state index contributed by atoms with van der Waals surface area (Å²) in [6.45, 7) is 4.37. The molecule has 0 aliphatic rings. The summed E-state index contributed by atoms with van der Waals surface area (Å²) in [5.41, 5.74) is 2.35. The van der Waals surface area contributed by atoms with Gasteiger partial charge in [-0.2, -0.15) is 11.8 Å². The van der Waals surface area contributed by atoms with Gasteiger partial charge in [-0.15, -0.1) is 11.3 Å². The number of rotatable bonds is 5. The molecule has 1 heterocycles. The molecular weight excluding hydrogens is 326 g/mol. The average Bonchev–Trinajstić information content (AvgIpc) is 2.72. The lowest BCUT2D eigenvalue weighted by Gasteiger charge is -1.98. The highest BCUT2D eigenvalue weighted by atomic mass is 79.9. The van der Waals surface area contributed by atoms with Gasteiger partial charge in [0.2, 0.25) is 0 Å². The third-order valence-corrected chi connectivity index (χ3v) is 5.39. The minimum absolute atomic E-state index is 1.04. The molecule has 0 aliphatic carbocycles. The van der Waals surface area contributed by atoms with E-state index in [0.717, 1.165) is 15.9 Å². The van der Waals surface area contributed by atoms with Crippen LogP contribution in [0.1, 0.15) is 23.2 Å². The molecule has 0 saturated carbocycles. The molecule has 18 heavy (non-hydrogen) atoms. The molecule has 2 aromatic rings. The summed E-state index contributed by atoms with van der Waals surface area (Å²) >= 11 is 7.25. The van der Waals surface area contributed by atoms with E-state index in [0.29, 0.717) is 0 Å². The normalized spacial score (nSPS) is 10.8. The van der Waals surface area contributed by atoms with Crippen LogP contribution in [0.4, 0.5) is 0 Å². The molecule has 0 atom stereocenters. The Hall–Kier alpha value is -0.320. The van der Waals surface area contributed by atoms with Crippen LogP contribution in [0.25, 0.3) is 11.3 Å². The molecule has 1 aromatic carbocycles. The van der Waals surface area contributed by atoms with Crippen LogP contribution in [-0.4, -0.2) is 10.7 Å². The van der Waals surface area contributed by atoms with Crippen LogP contribution < -0.4 is 0 Å². The number of aryl methyl sites for hydroxylation is 1. The van der Waals surface area contributed by atoms with E-state index < -0.39 is 0 Å². The molecule has 0 unspecified atom stereocenters. The lowest BCUT2D eigenvalue weighted by molar-refractivity contribution is 1.10. The van der Waals surface area contributed by atoms with Crippen LogP contribution >= 0.6 is 39.0 Å². The van der Waals surface area contributed by atoms with E-state index in [4.69, 9.17) is 4.98 Å². The molecule has 0 saturated heterocycles. The third-order valence-electron chi connectivity index (χ3n) is 2.53. The first-order chi connectivity index (χ1) is 8.70. The van der Waals surface area contributed by atoms with Crippen molar-refractivity contribution >= 4 is 39.0 Å². The summed E-state index contributed by atoms with van der Waals surface area (Å²) in [6, 6.07) is 8.38. The Labute approximate surface area is 125 Å². The van der Waals surface area contributed by atoms with Gasteiger partial charge >= 0.3 is 0 Å². The standard InChI is InChI=1S/C14H16BrNS2/c1-3-8-17-9-13-16-14(10(2)18-13)11-4-6-12(15)7-5-11/h4-7H,3,8-9H2,1-2H3. The van der Waals surface area contributed by atoms with Gasteiger partial charge in [-0.3, -0.25) is 0 Å². The minimum Gasteiger partial charge on any atom is -0.240 e. The monoisotopic (exact) mass is 341 g/mol. The van der Waals surface area contributed by atoms with Gasteiger partial charge in [0, 0.05) is 20.7 Å². The van der Waals surface area contributed by atoms with E-state index in [1.807, 2.05) is 23.1 Å². The van der Waals surface area contributed by atoms with Crippen molar-refractivity contribution in [2.75, 3.05) is 5.75 Å². The van der Waals surface area contributed by atoms with Crippen molar-refractivity contribution in [3.63, 3.8) is 0 Å². The van der Waals surface area contributed by atoms with Crippen molar-refractivity contribution in [1.29, 1.82) is 0 Å². The Morgan fingerprint density at radius 2 is 2.00 bits per heavy atom. The second-order valence-corrected chi connectivity index (χ2v) is 7.38. The van der Waals surface area contributed by atoms with Crippen LogP contribution in [0.3, 0.4) is 0 Å². The van der Waals surface area contributed by atoms with Crippen LogP contribution in [0.5, 0.6) is 0 Å². The molecule has 2 rings (SSSR count). The summed E-state index contributed by atoms with van der Waals surface area (Å²) < 4.78 is 1.11. The SMILES string of the molecule is CCCSCc1nc(-c2ccc(Br)cc2)c(C)s1. The number of thiazole rings is 1. The van der Waals surface area contributed by atoms with Gasteiger partial charge < -0.3 is 0 Å². The predicted octanol–water partition coefficient (Wildman–Crippen LogP) is 5.52. The molecule has 0 bridgehead atoms. The zero-order chi connectivity index (χ0) is 13.0. The van der Waals surface area contributed by atoms with E-state index >= 15 is 0 Å². The molecule has 96 valence electrons. The average molecular weight is 342 g/mol. The molecule has 1 aromatic heterocycles. The van der Waals surface area contributed by atoms with E-state index in [1.165, 1.54) is 27.6 Å². The van der Waals surface area contributed by atoms with Crippen molar-refractivity contribution in [2.45, 2.75) is 26.0 Å². The zero-order valence-electron chi connectivity index (χ0n) is 10.6. The van der Waals surface area contributed by atoms with Crippen LogP contribution in [0.15, 0.2) is 28.7 Å². The smallest absolute Gasteiger partial charge is 0.103 e. The van der Waals surface area contributed by atoms with Gasteiger partial charge in [-0.05, 0) is 31.2 Å². The molecular formula is C14H16BrNS2. The second-order valence-electron chi connectivity index (χ2n) is 4.07. The largest absolute Gasteiger partial charge is 0.240 e. The van der Waals surface area contributed by atoms with E-state index in [1.54, 1.807) is 0 Å². The quantitative estimate of drug-likeness (QED) is 0.663. The Bertz CT molecular complexity index is 505. The van der Waals surface area contributed by atoms with Crippen LogP contribution in [0, 0.1) is 6.92 Å². The first-order valence-electron chi connectivity index (χ1n) is 6.00. The Kier molecular flexibility index (Phi) is 5.27. The molecule has 0 N–H and O–H groups in total. The molecule has 0 amide bonds. The van der Waals surface area contributed by atoms with Crippen LogP contribution in [-0.2, 0) is 5.75 Å². The molecule has 1 nitrogen and oxygen atoms in total. The molecule has 0 fully saturated rings. The maximum absolute atomic E-state index is 4.76. The molecule has 0 radical (unpaired) electrons. The van der Waals surface area contributed by atoms with Crippen molar-refractivity contribution < 1.29 is 0 Å². The van der Waals surface area contributed by atoms with Crippen molar-refractivity contribution in [1.82, 2.24) is 4.98 Å². The van der Waals surface area contributed by atoms with Crippen LogP contribution in [0.2, 0.25) is 0 Å². The summed E-state index contributed by atoms with van der Waals surface area (Å²) in [5, 5.41) is 1.24. The van der Waals surface area contributed by atoms with Gasteiger partial charge in [0.15, 0.2) is 0 Å². The highest BCUT2D eigenvalue weighted by Gasteiger charge is 2.09. The van der Waals surface area contributed by atoms with E-state index in [9.17, 15) is 0 Å². The maximum Gasteiger partial charge on any atom is 0.103 e. The highest BCUT2D eigenvalue weighted by molar-refractivity contribution is 9.10. The van der Waals surface area contributed by atoms with Gasteiger partial charge in [0.25, 0.3) is 0 Å². The third kappa shape index (κ3) is 3.59. The Morgan fingerprint density at radius 1 is 1.28 bits per heavy atom. The van der Waals surface area contributed by atoms with Crippen molar-refractivity contribution in [2.24, 2.45) is 0 Å². The first-order valence-corrected chi connectivity index (χ1v) is 8.77. The van der Waals surface area contributed by atoms with Gasteiger partial charge in [-0.25, -0.2) is 4.98 Å². The number of aromatic nitrogens is 1. The van der Waals surface area contributed by atoms with E-state index in [2.05, 4.69) is 54.0 Å². The van der Waals surface area contributed by atoms with Gasteiger partial charge in [0.05, 0.1) is 5.69 Å². The summed E-state index contributed by atoms with van der Waals surface area (Å²) in [6.07, 6.45) is 1.23. The van der Waals surface area contributed by atoms with Crippen molar-refractivity contribution in [3.05, 3.63) is 38.6 Å². The van der Waals surface area contributed by atoms with Gasteiger partial charge in [-0.1, -0.05) is 35.0 Å². The predicted molar refractivity (Wildman–Crippen MR) is 86.4 cm³/mol. The summed E-state index contributed by atoms with van der Waals surface area (Å²) in [7, 11) is 0. The topological polar surface area (TPSA) is 12.9 Å². The highest BCUT2D eigenvalue weighted by Crippen LogP contribution is 2.30. The fourth-order valence-electron chi connectivity index (χ4n) is 1.69. The van der Waals surface area contributed by atoms with Crippen molar-refractivity contribution in [3.8, 4) is 11.3 Å². The second kappa shape index (κ2) is 6.73. The fourth-order valence-corrected chi connectivity index (χ4v) is 3.87. The number of hydrogen-bond acceptors (Lipinski definition) is 3. The minimum atomic E-state index is 1.04. The molecule has 4 heteroatoms. The number of hydrogen-bond donors (Lipinski definition) is 0. The number of halogens is 1. The Morgan fingerprint density at radius 3 is 2.67 bits per heavy atom.